The summed E-state index contributed by atoms with van der Waals surface area (Å²) in [5.74, 6) is 0.0631. The largest absolute Gasteiger partial charge is 0.394 e. The van der Waals surface area contributed by atoms with Crippen LogP contribution in [0, 0.1) is 0 Å². The second kappa shape index (κ2) is 7.81. The van der Waals surface area contributed by atoms with Gasteiger partial charge in [-0.1, -0.05) is 0 Å². The minimum Gasteiger partial charge on any atom is -0.394 e. The zero-order valence-electron chi connectivity index (χ0n) is 10.1. The first-order valence-corrected chi connectivity index (χ1v) is 5.64. The van der Waals surface area contributed by atoms with E-state index in [2.05, 4.69) is 5.10 Å². The second-order valence-electron chi connectivity index (χ2n) is 3.67. The second-order valence-corrected chi connectivity index (χ2v) is 3.67. The van der Waals surface area contributed by atoms with Crippen LogP contribution in [0.2, 0.25) is 0 Å². The van der Waals surface area contributed by atoms with Gasteiger partial charge in [0.15, 0.2) is 0 Å². The number of hydrogen-bond donors (Lipinski definition) is 1. The third-order valence-electron chi connectivity index (χ3n) is 2.35. The highest BCUT2D eigenvalue weighted by Crippen LogP contribution is 1.95. The molecule has 1 aromatic rings. The van der Waals surface area contributed by atoms with Crippen molar-refractivity contribution in [2.75, 3.05) is 33.4 Å². The highest BCUT2D eigenvalue weighted by atomic mass is 16.5. The standard InChI is InChI=1S/C11H19N3O3/c1-13(7-9-17-10-8-15)11(16)3-6-14-5-2-4-12-14/h2,4-5,15H,3,6-10H2,1H3. The minimum atomic E-state index is 0.0109. The van der Waals surface area contributed by atoms with Gasteiger partial charge in [-0.25, -0.2) is 0 Å². The van der Waals surface area contributed by atoms with E-state index in [4.69, 9.17) is 9.84 Å². The maximum Gasteiger partial charge on any atom is 0.224 e. The van der Waals surface area contributed by atoms with E-state index in [1.54, 1.807) is 22.8 Å². The molecule has 1 amide bonds. The van der Waals surface area contributed by atoms with Crippen molar-refractivity contribution in [3.63, 3.8) is 0 Å². The number of aryl methyl sites for hydroxylation is 1. The van der Waals surface area contributed by atoms with E-state index < -0.39 is 0 Å². The fraction of sp³-hybridized carbons (Fsp3) is 0.636. The Kier molecular flexibility index (Phi) is 6.27. The summed E-state index contributed by atoms with van der Waals surface area (Å²) < 4.78 is 6.82. The van der Waals surface area contributed by atoms with Crippen molar-refractivity contribution in [2.45, 2.75) is 13.0 Å². The normalized spacial score (nSPS) is 10.5. The van der Waals surface area contributed by atoms with Gasteiger partial charge in [-0.15, -0.1) is 0 Å². The van der Waals surface area contributed by atoms with Gasteiger partial charge in [0, 0.05) is 39.0 Å². The Labute approximate surface area is 101 Å². The van der Waals surface area contributed by atoms with Crippen LogP contribution in [0.25, 0.3) is 0 Å². The van der Waals surface area contributed by atoms with Gasteiger partial charge in [0.2, 0.25) is 5.91 Å². The molecule has 17 heavy (non-hydrogen) atoms. The predicted molar refractivity (Wildman–Crippen MR) is 62.4 cm³/mol. The van der Waals surface area contributed by atoms with E-state index in [-0.39, 0.29) is 12.5 Å². The summed E-state index contributed by atoms with van der Waals surface area (Å²) in [4.78, 5) is 13.3. The Bertz CT molecular complexity index is 314. The molecule has 0 saturated carbocycles. The van der Waals surface area contributed by atoms with Crippen LogP contribution in [0.1, 0.15) is 6.42 Å². The first-order chi connectivity index (χ1) is 8.24. The van der Waals surface area contributed by atoms with E-state index in [0.717, 1.165) is 0 Å². The van der Waals surface area contributed by atoms with Gasteiger partial charge < -0.3 is 14.7 Å². The Morgan fingerprint density at radius 1 is 1.53 bits per heavy atom. The number of carbonyl (C=O) groups excluding carboxylic acids is 1. The molecule has 0 bridgehead atoms. The van der Waals surface area contributed by atoms with Gasteiger partial charge in [-0.05, 0) is 6.07 Å². The van der Waals surface area contributed by atoms with E-state index in [9.17, 15) is 4.79 Å². The van der Waals surface area contributed by atoms with Crippen LogP contribution in [-0.4, -0.2) is 59.1 Å². The van der Waals surface area contributed by atoms with E-state index in [1.165, 1.54) is 0 Å². The molecule has 0 spiro atoms. The first-order valence-electron chi connectivity index (χ1n) is 5.64. The van der Waals surface area contributed by atoms with Crippen LogP contribution < -0.4 is 0 Å². The number of hydrogen-bond acceptors (Lipinski definition) is 4. The summed E-state index contributed by atoms with van der Waals surface area (Å²) in [7, 11) is 1.74. The lowest BCUT2D eigenvalue weighted by molar-refractivity contribution is -0.130. The van der Waals surface area contributed by atoms with Gasteiger partial charge in [0.25, 0.3) is 0 Å². The molecule has 0 fully saturated rings. The molecule has 96 valence electrons. The summed E-state index contributed by atoms with van der Waals surface area (Å²) in [6.07, 6.45) is 3.95. The van der Waals surface area contributed by atoms with Crippen LogP contribution in [0.5, 0.6) is 0 Å². The molecule has 0 saturated heterocycles. The zero-order valence-corrected chi connectivity index (χ0v) is 10.1. The summed E-state index contributed by atoms with van der Waals surface area (Å²) in [6, 6.07) is 1.83. The van der Waals surface area contributed by atoms with Crippen LogP contribution in [0.15, 0.2) is 18.5 Å². The monoisotopic (exact) mass is 241 g/mol. The van der Waals surface area contributed by atoms with Gasteiger partial charge >= 0.3 is 0 Å². The third-order valence-corrected chi connectivity index (χ3v) is 2.35. The van der Waals surface area contributed by atoms with E-state index >= 15 is 0 Å². The van der Waals surface area contributed by atoms with E-state index in [1.807, 2.05) is 12.3 Å². The lowest BCUT2D eigenvalue weighted by Gasteiger charge is -2.16. The van der Waals surface area contributed by atoms with Crippen LogP contribution in [0.3, 0.4) is 0 Å². The minimum absolute atomic E-state index is 0.0109. The molecule has 0 aromatic carbocycles. The molecular weight excluding hydrogens is 222 g/mol. The topological polar surface area (TPSA) is 67.6 Å². The summed E-state index contributed by atoms with van der Waals surface area (Å²) >= 11 is 0. The van der Waals surface area contributed by atoms with Crippen molar-refractivity contribution in [3.05, 3.63) is 18.5 Å². The van der Waals surface area contributed by atoms with Gasteiger partial charge in [-0.3, -0.25) is 9.48 Å². The highest BCUT2D eigenvalue weighted by molar-refractivity contribution is 5.75. The summed E-state index contributed by atoms with van der Waals surface area (Å²) in [5, 5.41) is 12.5. The molecule has 0 aliphatic rings. The zero-order chi connectivity index (χ0) is 12.5. The average Bonchev–Trinajstić information content (AvgIpc) is 2.84. The molecule has 0 aliphatic carbocycles. The number of carbonyl (C=O) groups is 1. The molecule has 0 aliphatic heterocycles. The first kappa shape index (κ1) is 13.7. The predicted octanol–water partition coefficient (Wildman–Crippen LogP) is -0.259. The Hall–Kier alpha value is -1.40. The number of nitrogens with zero attached hydrogens (tertiary/aromatic N) is 3. The van der Waals surface area contributed by atoms with Gasteiger partial charge in [0.05, 0.1) is 19.8 Å². The Morgan fingerprint density at radius 3 is 3.00 bits per heavy atom. The summed E-state index contributed by atoms with van der Waals surface area (Å²) in [5.41, 5.74) is 0. The number of aromatic nitrogens is 2. The third kappa shape index (κ3) is 5.46. The van der Waals surface area contributed by atoms with Gasteiger partial charge in [0.1, 0.15) is 0 Å². The van der Waals surface area contributed by atoms with Crippen molar-refractivity contribution in [1.82, 2.24) is 14.7 Å². The van der Waals surface area contributed by atoms with Crippen LogP contribution in [0.4, 0.5) is 0 Å². The molecule has 6 nitrogen and oxygen atoms in total. The number of likely N-dealkylation sites (N-methyl/N-ethyl adjacent to an activating group) is 1. The fourth-order valence-corrected chi connectivity index (χ4v) is 1.33. The average molecular weight is 241 g/mol. The molecule has 6 heteroatoms. The van der Waals surface area contributed by atoms with Crippen molar-refractivity contribution < 1.29 is 14.6 Å². The van der Waals surface area contributed by atoms with Crippen molar-refractivity contribution in [1.29, 1.82) is 0 Å². The maximum atomic E-state index is 11.7. The van der Waals surface area contributed by atoms with Crippen LogP contribution in [-0.2, 0) is 16.1 Å². The number of amides is 1. The lowest BCUT2D eigenvalue weighted by atomic mass is 10.3. The molecule has 0 radical (unpaired) electrons. The SMILES string of the molecule is CN(CCOCCO)C(=O)CCn1cccn1. The van der Waals surface area contributed by atoms with Crippen LogP contribution >= 0.6 is 0 Å². The maximum absolute atomic E-state index is 11.7. The molecule has 0 unspecified atom stereocenters. The van der Waals surface area contributed by atoms with E-state index in [0.29, 0.717) is 32.7 Å². The molecule has 1 aromatic heterocycles. The number of rotatable bonds is 8. The Balaban J connectivity index is 2.13. The van der Waals surface area contributed by atoms with Gasteiger partial charge in [-0.2, -0.15) is 5.10 Å². The number of aliphatic hydroxyl groups excluding tert-OH is 1. The molecule has 1 heterocycles. The molecular formula is C11H19N3O3. The molecule has 0 atom stereocenters. The quantitative estimate of drug-likeness (QED) is 0.637. The molecule has 1 rings (SSSR count). The number of aliphatic hydroxyl groups is 1. The van der Waals surface area contributed by atoms with Crippen molar-refractivity contribution >= 4 is 5.91 Å². The van der Waals surface area contributed by atoms with Crippen molar-refractivity contribution in [3.8, 4) is 0 Å². The summed E-state index contributed by atoms with van der Waals surface area (Å²) in [6.45, 7) is 1.91. The Morgan fingerprint density at radius 2 is 2.35 bits per heavy atom. The molecule has 1 N–H and O–H groups in total. The fourth-order valence-electron chi connectivity index (χ4n) is 1.33. The number of ether oxygens (including phenoxy) is 1. The van der Waals surface area contributed by atoms with Crippen molar-refractivity contribution in [2.24, 2.45) is 0 Å². The highest BCUT2D eigenvalue weighted by Gasteiger charge is 2.08. The lowest BCUT2D eigenvalue weighted by Crippen LogP contribution is -2.31. The smallest absolute Gasteiger partial charge is 0.224 e.